The smallest absolute Gasteiger partial charge is 0.149 e. The molecule has 0 atom stereocenters. The summed E-state index contributed by atoms with van der Waals surface area (Å²) in [5.74, 6) is 0.816. The van der Waals surface area contributed by atoms with Gasteiger partial charge in [0.2, 0.25) is 0 Å². The molecule has 0 fully saturated rings. The van der Waals surface area contributed by atoms with E-state index in [0.29, 0.717) is 11.4 Å². The van der Waals surface area contributed by atoms with Gasteiger partial charge < -0.3 is 9.52 Å². The van der Waals surface area contributed by atoms with Gasteiger partial charge in [-0.1, -0.05) is 117 Å². The van der Waals surface area contributed by atoms with Crippen molar-refractivity contribution in [2.75, 3.05) is 0 Å². The van der Waals surface area contributed by atoms with Crippen LogP contribution in [0.3, 0.4) is 0 Å². The molecule has 5 nitrogen and oxygen atoms in total. The molecule has 5 heteroatoms. The maximum atomic E-state index is 11.7. The first-order chi connectivity index (χ1) is 26.3. The Hall–Kier alpha value is -6.72. The number of aromatic hydroxyl groups is 1. The van der Waals surface area contributed by atoms with Gasteiger partial charge in [-0.05, 0) is 83.6 Å². The Morgan fingerprint density at radius 1 is 0.611 bits per heavy atom. The van der Waals surface area contributed by atoms with Crippen molar-refractivity contribution in [3.63, 3.8) is 0 Å². The molecule has 1 aliphatic carbocycles. The lowest BCUT2D eigenvalue weighted by Gasteiger charge is -2.31. The fraction of sp³-hybridized carbons (Fsp3) is 0.102. The number of benzene rings is 6. The van der Waals surface area contributed by atoms with Crippen LogP contribution in [-0.2, 0) is 5.41 Å². The zero-order valence-electron chi connectivity index (χ0n) is 30.6. The first kappa shape index (κ1) is 32.0. The normalized spacial score (nSPS) is 13.0. The summed E-state index contributed by atoms with van der Waals surface area (Å²) in [7, 11) is 0. The molecule has 54 heavy (non-hydrogen) atoms. The molecule has 1 aliphatic rings. The topological polar surface area (TPSA) is 64.1 Å². The summed E-state index contributed by atoms with van der Waals surface area (Å²) in [5, 5.41) is 12.8. The van der Waals surface area contributed by atoms with E-state index in [9.17, 15) is 5.11 Å². The second-order valence-corrected chi connectivity index (χ2v) is 14.9. The van der Waals surface area contributed by atoms with Crippen LogP contribution >= 0.6 is 0 Å². The van der Waals surface area contributed by atoms with Crippen molar-refractivity contribution >= 4 is 22.0 Å². The number of phenolic OH excluding ortho intramolecular Hbond substituents is 1. The number of para-hydroxylation sites is 2. The molecule has 0 aliphatic heterocycles. The lowest BCUT2D eigenvalue weighted by molar-refractivity contribution is 0.477. The highest BCUT2D eigenvalue weighted by Crippen LogP contribution is 2.49. The molecule has 3 heterocycles. The molecule has 10 rings (SSSR count). The highest BCUT2D eigenvalue weighted by molar-refractivity contribution is 6.01. The van der Waals surface area contributed by atoms with E-state index in [1.54, 1.807) is 6.07 Å². The summed E-state index contributed by atoms with van der Waals surface area (Å²) in [4.78, 5) is 10.9. The van der Waals surface area contributed by atoms with Crippen LogP contribution in [0, 0.1) is 13.8 Å². The average Bonchev–Trinajstić information content (AvgIpc) is 3.81. The molecular weight excluding hydrogens is 663 g/mol. The van der Waals surface area contributed by atoms with Gasteiger partial charge in [0.15, 0.2) is 0 Å². The van der Waals surface area contributed by atoms with Crippen LogP contribution < -0.4 is 0 Å². The van der Waals surface area contributed by atoms with Gasteiger partial charge in [-0.3, -0.25) is 4.57 Å². The summed E-state index contributed by atoms with van der Waals surface area (Å²) in [6.07, 6.45) is 1.90. The van der Waals surface area contributed by atoms with Crippen molar-refractivity contribution in [2.24, 2.45) is 0 Å². The monoisotopic (exact) mass is 699 g/mol. The Labute approximate surface area is 313 Å². The number of pyridine rings is 1. The molecule has 0 unspecified atom stereocenters. The van der Waals surface area contributed by atoms with Crippen molar-refractivity contribution in [3.8, 4) is 67.6 Å². The third-order valence-corrected chi connectivity index (χ3v) is 11.3. The molecule has 0 bridgehead atoms. The molecule has 1 N–H and O–H groups in total. The lowest BCUT2D eigenvalue weighted by atomic mass is 9.72. The quantitative estimate of drug-likeness (QED) is 0.194. The Balaban J connectivity index is 1.25. The van der Waals surface area contributed by atoms with E-state index in [1.807, 2.05) is 30.5 Å². The van der Waals surface area contributed by atoms with E-state index in [1.165, 1.54) is 16.7 Å². The largest absolute Gasteiger partial charge is 0.507 e. The van der Waals surface area contributed by atoms with Crippen LogP contribution in [0.4, 0.5) is 0 Å². The summed E-state index contributed by atoms with van der Waals surface area (Å²) in [6.45, 7) is 8.75. The highest BCUT2D eigenvalue weighted by atomic mass is 16.3. The molecule has 9 aromatic rings. The summed E-state index contributed by atoms with van der Waals surface area (Å²) >= 11 is 0. The molecule has 0 saturated carbocycles. The zero-order chi connectivity index (χ0) is 36.7. The SMILES string of the molecule is Cc1cccc(C)c1-c1ccc(O)c(-c2nc3c(-c4ccc5c(n4)-c4cccc6occ(c46)C5(C)C)cccc3n2-c2ccccc2-c2ccccc2)c1. The standard InChI is InChI=1S/C49H37N3O2/c1-29-13-10-14-30(2)44(29)32-23-26-42(53)36(27-32)48-51-47-34(18-11-21-41(47)52(48)40-20-9-8-17-33(40)31-15-6-5-7-16-31)39-25-24-37-46(50-39)35-19-12-22-43-45(35)38(28-54-43)49(37,3)4/h5-28,53H,1-4H3. The molecule has 3 aromatic heterocycles. The average molecular weight is 700 g/mol. The first-order valence-electron chi connectivity index (χ1n) is 18.4. The van der Waals surface area contributed by atoms with Crippen LogP contribution in [0.5, 0.6) is 5.75 Å². The highest BCUT2D eigenvalue weighted by Gasteiger charge is 2.36. The second-order valence-electron chi connectivity index (χ2n) is 14.9. The first-order valence-corrected chi connectivity index (χ1v) is 18.4. The maximum Gasteiger partial charge on any atom is 0.149 e. The number of aryl methyl sites for hydroxylation is 2. The molecule has 0 radical (unpaired) electrons. The number of furan rings is 1. The Bertz CT molecular complexity index is 2930. The van der Waals surface area contributed by atoms with E-state index >= 15 is 0 Å². The van der Waals surface area contributed by atoms with E-state index in [-0.39, 0.29) is 11.2 Å². The van der Waals surface area contributed by atoms with Gasteiger partial charge in [-0.25, -0.2) is 9.97 Å². The van der Waals surface area contributed by atoms with Gasteiger partial charge in [0, 0.05) is 33.1 Å². The molecule has 0 saturated heterocycles. The Kier molecular flexibility index (Phi) is 7.05. The zero-order valence-corrected chi connectivity index (χ0v) is 30.6. The number of phenols is 1. The van der Waals surface area contributed by atoms with Gasteiger partial charge >= 0.3 is 0 Å². The number of fused-ring (bicyclic) bond motifs is 3. The van der Waals surface area contributed by atoms with Crippen molar-refractivity contribution in [1.82, 2.24) is 14.5 Å². The Morgan fingerprint density at radius 3 is 2.17 bits per heavy atom. The predicted octanol–water partition coefficient (Wildman–Crippen LogP) is 12.5. The molecule has 260 valence electrons. The number of hydrogen-bond donors (Lipinski definition) is 1. The van der Waals surface area contributed by atoms with E-state index < -0.39 is 0 Å². The van der Waals surface area contributed by atoms with Gasteiger partial charge in [0.1, 0.15) is 17.2 Å². The lowest BCUT2D eigenvalue weighted by Crippen LogP contribution is -2.23. The number of nitrogens with zero attached hydrogens (tertiary/aromatic N) is 3. The molecular formula is C49H37N3O2. The minimum atomic E-state index is -0.277. The second kappa shape index (κ2) is 11.9. The molecule has 0 amide bonds. The van der Waals surface area contributed by atoms with E-state index in [4.69, 9.17) is 14.4 Å². The number of imidazole rings is 1. The van der Waals surface area contributed by atoms with Crippen LogP contribution in [0.1, 0.15) is 36.1 Å². The van der Waals surface area contributed by atoms with Gasteiger partial charge in [-0.15, -0.1) is 0 Å². The number of hydrogen-bond acceptors (Lipinski definition) is 4. The van der Waals surface area contributed by atoms with E-state index in [0.717, 1.165) is 78.0 Å². The fourth-order valence-electron chi connectivity index (χ4n) is 8.61. The predicted molar refractivity (Wildman–Crippen MR) is 219 cm³/mol. The molecule has 0 spiro atoms. The minimum Gasteiger partial charge on any atom is -0.507 e. The van der Waals surface area contributed by atoms with Gasteiger partial charge in [0.05, 0.1) is 39.9 Å². The summed E-state index contributed by atoms with van der Waals surface area (Å²) in [6, 6.07) is 47.9. The summed E-state index contributed by atoms with van der Waals surface area (Å²) in [5.41, 5.74) is 16.8. The van der Waals surface area contributed by atoms with Crippen molar-refractivity contribution in [2.45, 2.75) is 33.1 Å². The van der Waals surface area contributed by atoms with Gasteiger partial charge in [-0.2, -0.15) is 0 Å². The number of aromatic nitrogens is 3. The number of rotatable bonds is 5. The summed E-state index contributed by atoms with van der Waals surface area (Å²) < 4.78 is 8.24. The Morgan fingerprint density at radius 2 is 1.33 bits per heavy atom. The van der Waals surface area contributed by atoms with E-state index in [2.05, 4.69) is 141 Å². The van der Waals surface area contributed by atoms with Gasteiger partial charge in [0.25, 0.3) is 0 Å². The van der Waals surface area contributed by atoms with Crippen LogP contribution in [-0.4, -0.2) is 19.6 Å². The fourth-order valence-corrected chi connectivity index (χ4v) is 8.61. The van der Waals surface area contributed by atoms with Crippen LogP contribution in [0.25, 0.3) is 83.8 Å². The molecule has 6 aromatic carbocycles. The van der Waals surface area contributed by atoms with Crippen molar-refractivity contribution < 1.29 is 9.52 Å². The van der Waals surface area contributed by atoms with Crippen LogP contribution in [0.2, 0.25) is 0 Å². The van der Waals surface area contributed by atoms with Crippen molar-refractivity contribution in [3.05, 3.63) is 168 Å². The van der Waals surface area contributed by atoms with Crippen molar-refractivity contribution in [1.29, 1.82) is 0 Å². The maximum absolute atomic E-state index is 11.7. The third-order valence-electron chi connectivity index (χ3n) is 11.3. The van der Waals surface area contributed by atoms with Crippen LogP contribution in [0.15, 0.2) is 150 Å². The third kappa shape index (κ3) is 4.71. The minimum absolute atomic E-state index is 0.165.